The highest BCUT2D eigenvalue weighted by Crippen LogP contribution is 2.23. The Morgan fingerprint density at radius 1 is 1.33 bits per heavy atom. The summed E-state index contributed by atoms with van der Waals surface area (Å²) in [6, 6.07) is 5.71. The number of rotatable bonds is 8. The highest BCUT2D eigenvalue weighted by molar-refractivity contribution is 9.10. The minimum Gasteiger partial charge on any atom is -1.00 e. The van der Waals surface area contributed by atoms with Gasteiger partial charge in [0.05, 0.1) is 13.2 Å². The predicted octanol–water partition coefficient (Wildman–Crippen LogP) is -5.26. The highest BCUT2D eigenvalue weighted by Gasteiger charge is 2.10. The van der Waals surface area contributed by atoms with Gasteiger partial charge in [-0.3, -0.25) is 9.69 Å². The first-order valence-electron chi connectivity index (χ1n) is 7.35. The van der Waals surface area contributed by atoms with Gasteiger partial charge in [0, 0.05) is 42.8 Å². The van der Waals surface area contributed by atoms with Gasteiger partial charge in [-0.25, -0.2) is 0 Å². The van der Waals surface area contributed by atoms with E-state index in [9.17, 15) is 4.79 Å². The van der Waals surface area contributed by atoms with E-state index in [-0.39, 0.29) is 31.4 Å². The second-order valence-electron chi connectivity index (χ2n) is 5.14. The molecule has 1 aromatic rings. The van der Waals surface area contributed by atoms with Crippen molar-refractivity contribution >= 4 is 21.8 Å². The van der Waals surface area contributed by atoms with Crippen LogP contribution in [-0.4, -0.2) is 56.8 Å². The molecule has 0 spiro atoms. The average molecular weight is 443 g/mol. The number of benzene rings is 1. The van der Waals surface area contributed by atoms with Gasteiger partial charge in [-0.1, -0.05) is 15.9 Å². The number of nitrogens with one attached hydrogen (secondary N) is 1. The van der Waals surface area contributed by atoms with Crippen molar-refractivity contribution in [2.75, 3.05) is 46.0 Å². The fourth-order valence-electron chi connectivity index (χ4n) is 2.26. The fourth-order valence-corrected chi connectivity index (χ4v) is 2.67. The summed E-state index contributed by atoms with van der Waals surface area (Å²) in [6.07, 6.45) is 0. The van der Waals surface area contributed by atoms with Crippen molar-refractivity contribution in [3.05, 3.63) is 28.2 Å². The zero-order chi connectivity index (χ0) is 15.8. The number of carbonyl (C=O) groups is 1. The lowest BCUT2D eigenvalue weighted by molar-refractivity contribution is -0.119. The molecule has 3 N–H and O–H groups in total. The number of ether oxygens (including phenoxy) is 2. The van der Waals surface area contributed by atoms with Gasteiger partial charge in [0.15, 0.2) is 6.61 Å². The van der Waals surface area contributed by atoms with Gasteiger partial charge in [-0.2, -0.15) is 0 Å². The maximum Gasteiger partial charge on any atom is 0.255 e. The monoisotopic (exact) mass is 441 g/mol. The molecule has 0 saturated carbocycles. The number of nitrogens with two attached hydrogens (primary N) is 1. The van der Waals surface area contributed by atoms with Crippen molar-refractivity contribution in [2.45, 2.75) is 6.54 Å². The van der Waals surface area contributed by atoms with Gasteiger partial charge in [0.25, 0.3) is 5.91 Å². The molecule has 138 valence electrons. The van der Waals surface area contributed by atoms with Crippen molar-refractivity contribution in [3.63, 3.8) is 0 Å². The van der Waals surface area contributed by atoms with Gasteiger partial charge < -0.3 is 45.3 Å². The summed E-state index contributed by atoms with van der Waals surface area (Å²) in [5.41, 5.74) is 6.12. The van der Waals surface area contributed by atoms with E-state index in [0.29, 0.717) is 12.3 Å². The molecule has 0 unspecified atom stereocenters. The summed E-state index contributed by atoms with van der Waals surface area (Å²) in [4.78, 5) is 13.2. The quantitative estimate of drug-likeness (QED) is 0.393. The smallest absolute Gasteiger partial charge is 0.255 e. The van der Waals surface area contributed by atoms with E-state index in [4.69, 9.17) is 15.2 Å². The third-order valence-electron chi connectivity index (χ3n) is 3.42. The molecule has 24 heavy (non-hydrogen) atoms. The molecule has 9 heteroatoms. The summed E-state index contributed by atoms with van der Waals surface area (Å²) in [5.74, 6) is 0.204. The Hall–Kier alpha value is -0.570. The summed E-state index contributed by atoms with van der Waals surface area (Å²) < 4.78 is 11.7. The Morgan fingerprint density at radius 3 is 2.71 bits per heavy atom. The first-order chi connectivity index (χ1) is 10.6. The van der Waals surface area contributed by atoms with Crippen LogP contribution in [0.1, 0.15) is 5.56 Å². The Kier molecular flexibility index (Phi) is 12.4. The van der Waals surface area contributed by atoms with Gasteiger partial charge >= 0.3 is 0 Å². The second kappa shape index (κ2) is 12.7. The number of carbonyl (C=O) groups excluding carboxylic acids is 1. The van der Waals surface area contributed by atoms with Crippen LogP contribution in [0.5, 0.6) is 5.75 Å². The van der Waals surface area contributed by atoms with Crippen LogP contribution in [0, 0.1) is 0 Å². The standard InChI is InChI=1S/C15H22BrN3O3.2ClH/c16-13-1-2-14(22-11-15(17)20)12(9-13)10-18-3-4-19-5-7-21-8-6-19;;/h1-2,9,18H,3-8,10-11H2,(H2,17,20);2*1H/p-2. The van der Waals surface area contributed by atoms with Crippen molar-refractivity contribution in [1.29, 1.82) is 0 Å². The van der Waals surface area contributed by atoms with Gasteiger partial charge in [0.2, 0.25) is 0 Å². The van der Waals surface area contributed by atoms with Crippen LogP contribution in [-0.2, 0) is 16.1 Å². The molecule has 1 aromatic carbocycles. The second-order valence-corrected chi connectivity index (χ2v) is 6.05. The molecule has 1 saturated heterocycles. The van der Waals surface area contributed by atoms with Crippen molar-refractivity contribution in [2.24, 2.45) is 5.73 Å². The lowest BCUT2D eigenvalue weighted by Gasteiger charge is -2.26. The molecule has 1 aliphatic rings. The minimum absolute atomic E-state index is 0. The summed E-state index contributed by atoms with van der Waals surface area (Å²) in [6.45, 7) is 6.07. The number of amides is 1. The third-order valence-corrected chi connectivity index (χ3v) is 3.91. The molecular weight excluding hydrogens is 421 g/mol. The van der Waals surface area contributed by atoms with Gasteiger partial charge in [-0.15, -0.1) is 0 Å². The number of primary amides is 1. The third kappa shape index (κ3) is 8.50. The van der Waals surface area contributed by atoms with E-state index in [1.165, 1.54) is 0 Å². The normalized spacial score (nSPS) is 14.4. The molecule has 0 atom stereocenters. The molecule has 0 aromatic heterocycles. The largest absolute Gasteiger partial charge is 1.00 e. The van der Waals surface area contributed by atoms with Crippen molar-refractivity contribution in [1.82, 2.24) is 10.2 Å². The number of halogens is 3. The predicted molar refractivity (Wildman–Crippen MR) is 87.8 cm³/mol. The van der Waals surface area contributed by atoms with E-state index in [1.54, 1.807) is 0 Å². The number of nitrogens with zero attached hydrogens (tertiary/aromatic N) is 1. The molecule has 1 amide bonds. The summed E-state index contributed by atoms with van der Waals surface area (Å²) in [5, 5.41) is 3.40. The summed E-state index contributed by atoms with van der Waals surface area (Å²) >= 11 is 3.45. The number of morpholine rings is 1. The Balaban J connectivity index is 0.00000264. The summed E-state index contributed by atoms with van der Waals surface area (Å²) in [7, 11) is 0. The van der Waals surface area contributed by atoms with E-state index in [1.807, 2.05) is 18.2 Å². The van der Waals surface area contributed by atoms with E-state index in [2.05, 4.69) is 26.1 Å². The lowest BCUT2D eigenvalue weighted by atomic mass is 10.2. The molecule has 1 fully saturated rings. The number of hydrogen-bond donors (Lipinski definition) is 2. The van der Waals surface area contributed by atoms with Crippen LogP contribution in [0.25, 0.3) is 0 Å². The molecule has 0 aliphatic carbocycles. The Bertz CT molecular complexity index is 503. The van der Waals surface area contributed by atoms with Crippen LogP contribution >= 0.6 is 15.9 Å². The molecular formula is C15H22BrCl2N3O3-2. The van der Waals surface area contributed by atoms with E-state index < -0.39 is 5.91 Å². The first-order valence-corrected chi connectivity index (χ1v) is 8.15. The Labute approximate surface area is 163 Å². The molecule has 0 radical (unpaired) electrons. The minimum atomic E-state index is -0.478. The topological polar surface area (TPSA) is 76.8 Å². The van der Waals surface area contributed by atoms with Crippen LogP contribution < -0.4 is 40.6 Å². The van der Waals surface area contributed by atoms with Gasteiger partial charge in [-0.05, 0) is 18.2 Å². The Morgan fingerprint density at radius 2 is 2.04 bits per heavy atom. The molecule has 6 nitrogen and oxygen atoms in total. The van der Waals surface area contributed by atoms with Crippen molar-refractivity contribution < 1.29 is 39.1 Å². The highest BCUT2D eigenvalue weighted by atomic mass is 79.9. The van der Waals surface area contributed by atoms with Crippen LogP contribution in [0.2, 0.25) is 0 Å². The van der Waals surface area contributed by atoms with Crippen LogP contribution in [0.15, 0.2) is 22.7 Å². The van der Waals surface area contributed by atoms with Crippen molar-refractivity contribution in [3.8, 4) is 5.75 Å². The zero-order valence-corrected chi connectivity index (χ0v) is 16.4. The van der Waals surface area contributed by atoms with Crippen LogP contribution in [0.3, 0.4) is 0 Å². The molecule has 1 heterocycles. The van der Waals surface area contributed by atoms with E-state index in [0.717, 1.165) is 49.4 Å². The van der Waals surface area contributed by atoms with E-state index >= 15 is 0 Å². The maximum atomic E-state index is 10.8. The average Bonchev–Trinajstić information content (AvgIpc) is 2.51. The number of hydrogen-bond acceptors (Lipinski definition) is 5. The fraction of sp³-hybridized carbons (Fsp3) is 0.533. The first kappa shape index (κ1) is 23.4. The molecule has 0 bridgehead atoms. The molecule has 2 rings (SSSR count). The maximum absolute atomic E-state index is 10.8. The van der Waals surface area contributed by atoms with Crippen LogP contribution in [0.4, 0.5) is 0 Å². The zero-order valence-electron chi connectivity index (χ0n) is 13.3. The van der Waals surface area contributed by atoms with Gasteiger partial charge in [0.1, 0.15) is 5.75 Å². The lowest BCUT2D eigenvalue weighted by Crippen LogP contribution is -3.00. The molecule has 1 aliphatic heterocycles. The SMILES string of the molecule is NC(=O)COc1ccc(Br)cc1CNCCN1CCOCC1.[Cl-].[Cl-].